The molecular formula is C38H48Cl2N2O10. The number of methoxy groups -OCH3 is 1. The number of anilines is 1. The van der Waals surface area contributed by atoms with E-state index in [4.69, 9.17) is 37.4 Å². The molecule has 6 aliphatic rings. The average molecular weight is 764 g/mol. The molecule has 2 aliphatic heterocycles. The molecular weight excluding hydrogens is 715 g/mol. The van der Waals surface area contributed by atoms with E-state index in [0.717, 1.165) is 11.3 Å². The van der Waals surface area contributed by atoms with Gasteiger partial charge in [0, 0.05) is 61.6 Å². The Hall–Kier alpha value is -3.03. The highest BCUT2D eigenvalue weighted by molar-refractivity contribution is 6.18. The highest BCUT2D eigenvalue weighted by Crippen LogP contribution is 2.76. The summed E-state index contributed by atoms with van der Waals surface area (Å²) in [4.78, 5) is 69.5. The Labute approximate surface area is 313 Å². The van der Waals surface area contributed by atoms with Gasteiger partial charge in [-0.15, -0.1) is 23.2 Å². The quantitative estimate of drug-likeness (QED) is 0.153. The zero-order valence-corrected chi connectivity index (χ0v) is 31.3. The number of benzene rings is 1. The average Bonchev–Trinajstić information content (AvgIpc) is 3.22. The first-order valence-corrected chi connectivity index (χ1v) is 19.0. The minimum Gasteiger partial charge on any atom is -0.467 e. The van der Waals surface area contributed by atoms with Gasteiger partial charge in [0.25, 0.3) is 0 Å². The summed E-state index contributed by atoms with van der Waals surface area (Å²) in [5.74, 6) is -6.41. The van der Waals surface area contributed by atoms with Crippen molar-refractivity contribution in [3.63, 3.8) is 0 Å². The normalized spacial score (nSPS) is 34.6. The molecule has 14 heteroatoms. The lowest BCUT2D eigenvalue weighted by Gasteiger charge is -2.72. The Morgan fingerprint density at radius 2 is 1.77 bits per heavy atom. The van der Waals surface area contributed by atoms with Gasteiger partial charge in [-0.25, -0.2) is 4.79 Å². The van der Waals surface area contributed by atoms with Gasteiger partial charge in [-0.05, 0) is 53.9 Å². The number of hydrogen-bond donors (Lipinski definition) is 3. The molecule has 0 aromatic heterocycles. The predicted octanol–water partition coefficient (Wildman–Crippen LogP) is 3.10. The molecule has 12 nitrogen and oxygen atoms in total. The summed E-state index contributed by atoms with van der Waals surface area (Å²) in [5.41, 5.74) is -1.90. The lowest BCUT2D eigenvalue weighted by molar-refractivity contribution is -0.437. The van der Waals surface area contributed by atoms with Gasteiger partial charge < -0.3 is 34.6 Å². The number of alkyl halides is 2. The number of rotatable bonds is 13. The molecule has 6 fully saturated rings. The molecule has 1 aromatic rings. The van der Waals surface area contributed by atoms with Crippen LogP contribution in [-0.2, 0) is 44.6 Å². The summed E-state index contributed by atoms with van der Waals surface area (Å²) in [6, 6.07) is 6.39. The Morgan fingerprint density at radius 1 is 1.10 bits per heavy atom. The molecule has 4 bridgehead atoms. The van der Waals surface area contributed by atoms with Crippen LogP contribution in [0.3, 0.4) is 0 Å². The number of nitrogens with one attached hydrogen (secondary N) is 1. The van der Waals surface area contributed by atoms with Gasteiger partial charge in [-0.3, -0.25) is 19.2 Å². The number of carbonyl (C=O) groups excluding carboxylic acids is 5. The first kappa shape index (κ1) is 38.7. The third-order valence-electron chi connectivity index (χ3n) is 12.7. The van der Waals surface area contributed by atoms with E-state index in [9.17, 15) is 34.2 Å². The van der Waals surface area contributed by atoms with Gasteiger partial charge >= 0.3 is 11.9 Å². The van der Waals surface area contributed by atoms with Crippen molar-refractivity contribution < 1.29 is 48.4 Å². The van der Waals surface area contributed by atoms with Crippen molar-refractivity contribution in [2.45, 2.75) is 82.8 Å². The molecule has 4 aliphatic carbocycles. The van der Waals surface area contributed by atoms with Crippen LogP contribution < -0.4 is 10.2 Å². The Morgan fingerprint density at radius 3 is 2.40 bits per heavy atom. The van der Waals surface area contributed by atoms with Crippen LogP contribution in [-0.4, -0.2) is 102 Å². The number of hydrogen-bond acceptors (Lipinski definition) is 11. The molecule has 0 unspecified atom stereocenters. The summed E-state index contributed by atoms with van der Waals surface area (Å²) in [6.07, 6.45) is -1.94. The smallest absolute Gasteiger partial charge is 0.328 e. The second kappa shape index (κ2) is 14.3. The van der Waals surface area contributed by atoms with Gasteiger partial charge in [-0.2, -0.15) is 0 Å². The summed E-state index contributed by atoms with van der Waals surface area (Å²) < 4.78 is 16.9. The molecule has 284 valence electrons. The first-order chi connectivity index (χ1) is 24.6. The van der Waals surface area contributed by atoms with E-state index < -0.39 is 88.1 Å². The highest BCUT2D eigenvalue weighted by atomic mass is 35.5. The van der Waals surface area contributed by atoms with Crippen molar-refractivity contribution in [3.8, 4) is 0 Å². The van der Waals surface area contributed by atoms with Crippen LogP contribution in [0.2, 0.25) is 0 Å². The van der Waals surface area contributed by atoms with Gasteiger partial charge in [0.05, 0.1) is 25.6 Å². The standard InChI is InChI=1S/C38H48Cl2N2O10/c1-21-24-9-10-26-36-20-51-38(49,32(47)30(36)35(2,3)14-13-27(36)43)37(26,31(21)46)33(24)52-29(45)12-11-28(44)41-25(34(48)50-4)19-22-5-7-23(8-6-22)42(17-15-39)18-16-40/h5-8,24-26,30,32-33,47,49H,1,9-20H2,2-4H3,(H,41,44)/t24-,25-,26-,30+,32-,33+,36+,37-,38-/m0/s1. The molecule has 9 atom stereocenters. The van der Waals surface area contributed by atoms with Crippen LogP contribution in [0.1, 0.15) is 57.9 Å². The van der Waals surface area contributed by atoms with Gasteiger partial charge in [-0.1, -0.05) is 32.6 Å². The minimum atomic E-state index is -2.42. The number of nitrogens with zero attached hydrogens (tertiary/aromatic N) is 1. The topological polar surface area (TPSA) is 169 Å². The monoisotopic (exact) mass is 762 g/mol. The number of aliphatic hydroxyl groups excluding tert-OH is 1. The van der Waals surface area contributed by atoms with Crippen LogP contribution in [0, 0.1) is 34.0 Å². The largest absolute Gasteiger partial charge is 0.467 e. The second-order valence-electron chi connectivity index (χ2n) is 15.6. The third kappa shape index (κ3) is 5.79. The summed E-state index contributed by atoms with van der Waals surface area (Å²) in [5, 5.41) is 26.9. The van der Waals surface area contributed by atoms with Crippen molar-refractivity contribution >= 4 is 58.3 Å². The van der Waals surface area contributed by atoms with Crippen molar-refractivity contribution in [3.05, 3.63) is 42.0 Å². The molecule has 1 amide bonds. The lowest BCUT2D eigenvalue weighted by atomic mass is 9.36. The molecule has 1 aromatic carbocycles. The van der Waals surface area contributed by atoms with E-state index in [1.807, 2.05) is 43.0 Å². The fourth-order valence-electron chi connectivity index (χ4n) is 10.4. The van der Waals surface area contributed by atoms with Crippen molar-refractivity contribution in [2.24, 2.45) is 34.0 Å². The fraction of sp³-hybridized carbons (Fsp3) is 0.658. The maximum atomic E-state index is 14.3. The first-order valence-electron chi connectivity index (χ1n) is 18.0. The minimum absolute atomic E-state index is 0.122. The highest BCUT2D eigenvalue weighted by Gasteiger charge is 2.88. The molecule has 0 radical (unpaired) electrons. The van der Waals surface area contributed by atoms with Gasteiger partial charge in [0.1, 0.15) is 29.4 Å². The molecule has 4 saturated carbocycles. The van der Waals surface area contributed by atoms with Gasteiger partial charge in [0.15, 0.2) is 5.78 Å². The van der Waals surface area contributed by atoms with Crippen molar-refractivity contribution in [1.82, 2.24) is 5.32 Å². The summed E-state index contributed by atoms with van der Waals surface area (Å²) in [6.45, 7) is 9.00. The number of carbonyl (C=O) groups is 5. The van der Waals surface area contributed by atoms with Crippen molar-refractivity contribution in [1.29, 1.82) is 0 Å². The molecule has 52 heavy (non-hydrogen) atoms. The van der Waals surface area contributed by atoms with Crippen LogP contribution >= 0.6 is 23.2 Å². The van der Waals surface area contributed by atoms with Crippen LogP contribution in [0.25, 0.3) is 0 Å². The third-order valence-corrected chi connectivity index (χ3v) is 13.0. The molecule has 3 N–H and O–H groups in total. The maximum absolute atomic E-state index is 14.3. The Kier molecular flexibility index (Phi) is 10.7. The lowest BCUT2D eigenvalue weighted by Crippen LogP contribution is -2.85. The number of fused-ring (bicyclic) bond motifs is 2. The summed E-state index contributed by atoms with van der Waals surface area (Å²) in [7, 11) is 1.22. The van der Waals surface area contributed by atoms with E-state index >= 15 is 0 Å². The predicted molar refractivity (Wildman–Crippen MR) is 191 cm³/mol. The zero-order chi connectivity index (χ0) is 37.8. The fourth-order valence-corrected chi connectivity index (χ4v) is 10.8. The van der Waals surface area contributed by atoms with Crippen LogP contribution in [0.15, 0.2) is 36.4 Å². The maximum Gasteiger partial charge on any atom is 0.328 e. The van der Waals surface area contributed by atoms with E-state index in [0.29, 0.717) is 44.1 Å². The van der Waals surface area contributed by atoms with E-state index in [1.54, 1.807) is 0 Å². The van der Waals surface area contributed by atoms with E-state index in [1.165, 1.54) is 7.11 Å². The Balaban J connectivity index is 1.16. The zero-order valence-electron chi connectivity index (χ0n) is 29.8. The van der Waals surface area contributed by atoms with Crippen molar-refractivity contribution in [2.75, 3.05) is 43.5 Å². The van der Waals surface area contributed by atoms with Crippen LogP contribution in [0.5, 0.6) is 0 Å². The van der Waals surface area contributed by atoms with Gasteiger partial charge in [0.2, 0.25) is 11.7 Å². The molecule has 2 heterocycles. The SMILES string of the molecule is C=C1C(=O)[C@]23[C@H](OC(=O)CCC(=O)N[C@@H](Cc4ccc(N(CCCl)CCCl)cc4)C(=O)OC)[C@H]1CC[C@H]2[C@@]12CO[C@@]3(O)[C@@H](O)[C@@H]1C(C)(C)CCC2=O. The number of amides is 1. The Bertz CT molecular complexity index is 1630. The number of ether oxygens (including phenoxy) is 3. The number of Topliss-reactive ketones (excluding diaryl/α,β-unsaturated/α-hetero) is 2. The van der Waals surface area contributed by atoms with E-state index in [2.05, 4.69) is 11.9 Å². The molecule has 7 rings (SSSR count). The summed E-state index contributed by atoms with van der Waals surface area (Å²) >= 11 is 11.9. The molecule has 2 saturated heterocycles. The second-order valence-corrected chi connectivity index (χ2v) is 16.4. The number of esters is 2. The number of aliphatic hydroxyl groups is 2. The number of ketones is 2. The number of halogens is 2. The molecule has 2 spiro atoms. The van der Waals surface area contributed by atoms with E-state index in [-0.39, 0.29) is 37.2 Å². The van der Waals surface area contributed by atoms with Crippen LogP contribution in [0.4, 0.5) is 5.69 Å².